The van der Waals surface area contributed by atoms with Crippen LogP contribution < -0.4 is 9.47 Å². The van der Waals surface area contributed by atoms with E-state index in [1.54, 1.807) is 18.2 Å². The van der Waals surface area contributed by atoms with E-state index in [-0.39, 0.29) is 5.75 Å². The summed E-state index contributed by atoms with van der Waals surface area (Å²) in [5, 5.41) is 8.85. The molecule has 0 aliphatic rings. The zero-order chi connectivity index (χ0) is 23.3. The predicted molar refractivity (Wildman–Crippen MR) is 119 cm³/mol. The molecule has 0 aliphatic carbocycles. The number of rotatable bonds is 15. The first-order valence-corrected chi connectivity index (χ1v) is 12.4. The van der Waals surface area contributed by atoms with Crippen molar-refractivity contribution in [2.24, 2.45) is 0 Å². The standard InChI is InChI=1S/C22H34O8Si/c1-6-10-11-20(31(27-7-2,28-8-3)29-9-4)22(25)30-19-16-17(13-15-21(23)24)12-14-18(19)26-5/h12-16,20H,6-11H2,1-5H3,(H,23,24)/b15-13+. The van der Waals surface area contributed by atoms with Gasteiger partial charge in [-0.25, -0.2) is 4.79 Å². The molecule has 0 aromatic heterocycles. The number of unbranched alkanes of at least 4 members (excludes halogenated alkanes) is 1. The van der Waals surface area contributed by atoms with Gasteiger partial charge in [0, 0.05) is 25.9 Å². The summed E-state index contributed by atoms with van der Waals surface area (Å²) in [5.41, 5.74) is -0.144. The van der Waals surface area contributed by atoms with E-state index in [1.165, 1.54) is 13.2 Å². The van der Waals surface area contributed by atoms with Crippen LogP contribution in [0.1, 0.15) is 52.5 Å². The van der Waals surface area contributed by atoms with Gasteiger partial charge in [0.25, 0.3) is 0 Å². The van der Waals surface area contributed by atoms with Gasteiger partial charge in [-0.2, -0.15) is 0 Å². The van der Waals surface area contributed by atoms with Crippen LogP contribution in [0.15, 0.2) is 24.3 Å². The quantitative estimate of drug-likeness (QED) is 0.181. The number of carbonyl (C=O) groups excluding carboxylic acids is 1. The number of ether oxygens (including phenoxy) is 2. The number of methoxy groups -OCH3 is 1. The van der Waals surface area contributed by atoms with Crippen LogP contribution in [0.4, 0.5) is 0 Å². The van der Waals surface area contributed by atoms with Crippen molar-refractivity contribution in [1.82, 2.24) is 0 Å². The van der Waals surface area contributed by atoms with Gasteiger partial charge in [0.1, 0.15) is 5.54 Å². The van der Waals surface area contributed by atoms with Crippen LogP contribution in [-0.4, -0.2) is 52.8 Å². The fourth-order valence-corrected chi connectivity index (χ4v) is 6.07. The highest BCUT2D eigenvalue weighted by Crippen LogP contribution is 2.35. The molecule has 0 heterocycles. The van der Waals surface area contributed by atoms with Gasteiger partial charge in [0.15, 0.2) is 11.5 Å². The van der Waals surface area contributed by atoms with Gasteiger partial charge in [-0.05, 0) is 51.0 Å². The van der Waals surface area contributed by atoms with Crippen molar-refractivity contribution in [1.29, 1.82) is 0 Å². The third kappa shape index (κ3) is 8.10. The Hall–Kier alpha value is -2.20. The first-order chi connectivity index (χ1) is 14.9. The van der Waals surface area contributed by atoms with E-state index in [4.69, 9.17) is 27.9 Å². The highest BCUT2D eigenvalue weighted by molar-refractivity contribution is 6.66. The zero-order valence-electron chi connectivity index (χ0n) is 19.0. The van der Waals surface area contributed by atoms with Crippen LogP contribution in [0.25, 0.3) is 6.08 Å². The van der Waals surface area contributed by atoms with E-state index in [0.717, 1.165) is 18.9 Å². The molecule has 1 aromatic carbocycles. The SMILES string of the molecule is CCCCC(C(=O)Oc1cc(/C=C/C(=O)O)ccc1OC)[Si](OCC)(OCC)OCC. The Kier molecular flexibility index (Phi) is 12.1. The van der Waals surface area contributed by atoms with E-state index < -0.39 is 26.3 Å². The molecule has 0 amide bonds. The second-order valence-electron chi connectivity index (χ2n) is 6.60. The third-order valence-electron chi connectivity index (χ3n) is 4.41. The van der Waals surface area contributed by atoms with Gasteiger partial charge in [-0.15, -0.1) is 0 Å². The van der Waals surface area contributed by atoms with Gasteiger partial charge < -0.3 is 27.9 Å². The second-order valence-corrected chi connectivity index (χ2v) is 9.37. The van der Waals surface area contributed by atoms with Gasteiger partial charge in [-0.3, -0.25) is 4.79 Å². The molecule has 8 nitrogen and oxygen atoms in total. The Morgan fingerprint density at radius 3 is 2.13 bits per heavy atom. The average molecular weight is 455 g/mol. The van der Waals surface area contributed by atoms with Gasteiger partial charge in [0.05, 0.1) is 7.11 Å². The van der Waals surface area contributed by atoms with Crippen molar-refractivity contribution >= 4 is 26.8 Å². The Balaban J connectivity index is 3.31. The molecule has 0 spiro atoms. The molecular weight excluding hydrogens is 420 g/mol. The smallest absolute Gasteiger partial charge is 0.493 e. The van der Waals surface area contributed by atoms with Crippen LogP contribution in [-0.2, 0) is 22.9 Å². The summed E-state index contributed by atoms with van der Waals surface area (Å²) in [6.45, 7) is 8.59. The summed E-state index contributed by atoms with van der Waals surface area (Å²) in [5.74, 6) is -1.05. The molecule has 0 fully saturated rings. The van der Waals surface area contributed by atoms with E-state index >= 15 is 0 Å². The summed E-state index contributed by atoms with van der Waals surface area (Å²) >= 11 is 0. The van der Waals surface area contributed by atoms with Crippen LogP contribution in [0.5, 0.6) is 11.5 Å². The Morgan fingerprint density at radius 1 is 1.03 bits per heavy atom. The molecule has 1 aromatic rings. The molecule has 1 unspecified atom stereocenters. The highest BCUT2D eigenvalue weighted by Gasteiger charge is 2.53. The monoisotopic (exact) mass is 454 g/mol. The molecule has 0 saturated heterocycles. The van der Waals surface area contributed by atoms with E-state index in [1.807, 2.05) is 27.7 Å². The first-order valence-electron chi connectivity index (χ1n) is 10.6. The molecular formula is C22H34O8Si. The number of benzene rings is 1. The molecule has 0 saturated carbocycles. The lowest BCUT2D eigenvalue weighted by Gasteiger charge is -2.34. The minimum atomic E-state index is -3.36. The van der Waals surface area contributed by atoms with Crippen molar-refractivity contribution in [2.75, 3.05) is 26.9 Å². The highest BCUT2D eigenvalue weighted by atomic mass is 28.4. The van der Waals surface area contributed by atoms with Gasteiger partial charge >= 0.3 is 20.7 Å². The Morgan fingerprint density at radius 2 is 1.65 bits per heavy atom. The molecule has 9 heteroatoms. The lowest BCUT2D eigenvalue weighted by atomic mass is 10.2. The van der Waals surface area contributed by atoms with Crippen LogP contribution >= 0.6 is 0 Å². The molecule has 0 aliphatic heterocycles. The summed E-state index contributed by atoms with van der Waals surface area (Å²) < 4.78 is 28.9. The fraction of sp³-hybridized carbons (Fsp3) is 0.545. The molecule has 1 atom stereocenters. The maximum atomic E-state index is 13.3. The van der Waals surface area contributed by atoms with Crippen LogP contribution in [0.2, 0.25) is 5.54 Å². The minimum absolute atomic E-state index is 0.189. The molecule has 0 bridgehead atoms. The topological polar surface area (TPSA) is 101 Å². The molecule has 0 radical (unpaired) electrons. The van der Waals surface area contributed by atoms with E-state index in [2.05, 4.69) is 0 Å². The molecule has 31 heavy (non-hydrogen) atoms. The number of carboxylic acid groups (broad SMARTS) is 1. The summed E-state index contributed by atoms with van der Waals surface area (Å²) in [6, 6.07) is 4.84. The number of hydrogen-bond donors (Lipinski definition) is 1. The molecule has 174 valence electrons. The first kappa shape index (κ1) is 26.8. The lowest BCUT2D eigenvalue weighted by molar-refractivity contribution is -0.136. The lowest BCUT2D eigenvalue weighted by Crippen LogP contribution is -2.53. The normalized spacial score (nSPS) is 12.7. The van der Waals surface area contributed by atoms with Crippen molar-refractivity contribution in [3.63, 3.8) is 0 Å². The van der Waals surface area contributed by atoms with E-state index in [9.17, 15) is 9.59 Å². The van der Waals surface area contributed by atoms with E-state index in [0.29, 0.717) is 37.6 Å². The minimum Gasteiger partial charge on any atom is -0.493 e. The van der Waals surface area contributed by atoms with Crippen molar-refractivity contribution in [3.05, 3.63) is 29.8 Å². The summed E-state index contributed by atoms with van der Waals surface area (Å²) in [6.07, 6.45) is 4.59. The maximum absolute atomic E-state index is 13.3. The predicted octanol–water partition coefficient (Wildman–Crippen LogP) is 4.31. The molecule has 1 rings (SSSR count). The van der Waals surface area contributed by atoms with Crippen molar-refractivity contribution < 1.29 is 37.4 Å². The number of aliphatic carboxylic acids is 1. The Bertz CT molecular complexity index is 717. The summed E-state index contributed by atoms with van der Waals surface area (Å²) in [4.78, 5) is 24.1. The van der Waals surface area contributed by atoms with Crippen LogP contribution in [0.3, 0.4) is 0 Å². The Labute approximate surface area is 185 Å². The fourth-order valence-electron chi connectivity index (χ4n) is 3.10. The van der Waals surface area contributed by atoms with Gasteiger partial charge in [-0.1, -0.05) is 25.8 Å². The van der Waals surface area contributed by atoms with Crippen LogP contribution in [0, 0.1) is 0 Å². The number of esters is 1. The number of hydrogen-bond acceptors (Lipinski definition) is 7. The number of carboxylic acids is 1. The third-order valence-corrected chi connectivity index (χ3v) is 7.86. The van der Waals surface area contributed by atoms with Gasteiger partial charge in [0.2, 0.25) is 0 Å². The van der Waals surface area contributed by atoms with Crippen molar-refractivity contribution in [2.45, 2.75) is 52.5 Å². The largest absolute Gasteiger partial charge is 0.515 e. The number of carbonyl (C=O) groups is 2. The maximum Gasteiger partial charge on any atom is 0.515 e. The zero-order valence-corrected chi connectivity index (χ0v) is 20.0. The average Bonchev–Trinajstić information content (AvgIpc) is 2.73. The second kappa shape index (κ2) is 14.0. The van der Waals surface area contributed by atoms with Crippen molar-refractivity contribution in [3.8, 4) is 11.5 Å². The summed E-state index contributed by atoms with van der Waals surface area (Å²) in [7, 11) is -1.89. The molecule has 1 N–H and O–H groups in total.